The monoisotopic (exact) mass is 498 g/mol. The number of methoxy groups -OCH3 is 1. The van der Waals surface area contributed by atoms with Crippen LogP contribution in [-0.2, 0) is 16.1 Å². The number of rotatable bonds is 8. The van der Waals surface area contributed by atoms with Gasteiger partial charge in [-0.2, -0.15) is 0 Å². The average molecular weight is 499 g/mol. The van der Waals surface area contributed by atoms with E-state index in [1.807, 2.05) is 36.6 Å². The van der Waals surface area contributed by atoms with Crippen molar-refractivity contribution in [2.24, 2.45) is 0 Å². The molecule has 0 aliphatic heterocycles. The Hall–Kier alpha value is -2.65. The topological polar surface area (TPSA) is 86.1 Å². The molecule has 0 unspecified atom stereocenters. The number of esters is 1. The number of nitrogens with zero attached hydrogens (tertiary/aromatic N) is 3. The number of nitrogens with one attached hydrogen (secondary N) is 1. The Labute approximate surface area is 208 Å². The van der Waals surface area contributed by atoms with Crippen LogP contribution < -0.4 is 5.32 Å². The number of hydrogen-bond donors (Lipinski definition) is 1. The number of carbonyl (C=O) groups excluding carboxylic acids is 2. The lowest BCUT2D eigenvalue weighted by atomic mass is 9.89. The van der Waals surface area contributed by atoms with Crippen LogP contribution in [0.25, 0.3) is 11.1 Å². The third-order valence-corrected chi connectivity index (χ3v) is 8.02. The average Bonchev–Trinajstić information content (AvgIpc) is 3.47. The molecule has 1 N–H and O–H groups in total. The molecule has 34 heavy (non-hydrogen) atoms. The Morgan fingerprint density at radius 3 is 2.59 bits per heavy atom. The second-order valence-electron chi connectivity index (χ2n) is 8.47. The fourth-order valence-corrected chi connectivity index (χ4v) is 6.14. The molecule has 2 heterocycles. The summed E-state index contributed by atoms with van der Waals surface area (Å²) in [7, 11) is 1.35. The molecule has 1 fully saturated rings. The maximum Gasteiger partial charge on any atom is 0.341 e. The summed E-state index contributed by atoms with van der Waals surface area (Å²) in [5.74, 6) is 1.01. The summed E-state index contributed by atoms with van der Waals surface area (Å²) in [5.41, 5.74) is 3.17. The summed E-state index contributed by atoms with van der Waals surface area (Å²) in [4.78, 5) is 25.4. The Bertz CT molecular complexity index is 1150. The molecule has 2 aromatic heterocycles. The van der Waals surface area contributed by atoms with Gasteiger partial charge in [0.2, 0.25) is 5.91 Å². The first-order chi connectivity index (χ1) is 16.5. The van der Waals surface area contributed by atoms with Gasteiger partial charge in [-0.05, 0) is 32.3 Å². The van der Waals surface area contributed by atoms with Gasteiger partial charge >= 0.3 is 5.97 Å². The number of thioether (sulfide) groups is 1. The van der Waals surface area contributed by atoms with Crippen molar-refractivity contribution in [1.82, 2.24) is 14.8 Å². The molecule has 7 nitrogen and oxygen atoms in total. The predicted molar refractivity (Wildman–Crippen MR) is 137 cm³/mol. The second-order valence-corrected chi connectivity index (χ2v) is 10.3. The molecule has 9 heteroatoms. The summed E-state index contributed by atoms with van der Waals surface area (Å²) < 4.78 is 7.15. The summed E-state index contributed by atoms with van der Waals surface area (Å²) in [5, 5.41) is 14.9. The number of anilines is 1. The number of ether oxygens (including phenoxy) is 1. The van der Waals surface area contributed by atoms with Gasteiger partial charge in [-0.15, -0.1) is 21.5 Å². The number of benzene rings is 1. The van der Waals surface area contributed by atoms with Crippen LogP contribution in [0, 0.1) is 6.92 Å². The summed E-state index contributed by atoms with van der Waals surface area (Å²) in [6.45, 7) is 4.88. The van der Waals surface area contributed by atoms with E-state index in [0.717, 1.165) is 47.1 Å². The molecule has 180 valence electrons. The molecule has 0 radical (unpaired) electrons. The third-order valence-electron chi connectivity index (χ3n) is 6.16. The van der Waals surface area contributed by atoms with Crippen molar-refractivity contribution in [1.29, 1.82) is 0 Å². The lowest BCUT2D eigenvalue weighted by molar-refractivity contribution is -0.113. The van der Waals surface area contributed by atoms with E-state index in [1.165, 1.54) is 49.5 Å². The zero-order chi connectivity index (χ0) is 24.1. The molecule has 0 spiro atoms. The fraction of sp³-hybridized carbons (Fsp3) is 0.440. The van der Waals surface area contributed by atoms with Crippen LogP contribution in [0.4, 0.5) is 5.00 Å². The number of aryl methyl sites for hydroxylation is 1. The zero-order valence-corrected chi connectivity index (χ0v) is 21.4. The molecule has 1 aliphatic rings. The molecule has 0 atom stereocenters. The first-order valence-electron chi connectivity index (χ1n) is 11.6. The molecule has 3 aromatic rings. The van der Waals surface area contributed by atoms with Crippen molar-refractivity contribution in [2.45, 2.75) is 63.6 Å². The number of hydrogen-bond acceptors (Lipinski definition) is 7. The van der Waals surface area contributed by atoms with E-state index < -0.39 is 5.97 Å². The van der Waals surface area contributed by atoms with Crippen molar-refractivity contribution in [3.05, 3.63) is 46.6 Å². The van der Waals surface area contributed by atoms with E-state index >= 15 is 0 Å². The van der Waals surface area contributed by atoms with Crippen LogP contribution in [0.1, 0.15) is 66.7 Å². The van der Waals surface area contributed by atoms with Gasteiger partial charge in [0.25, 0.3) is 0 Å². The summed E-state index contributed by atoms with van der Waals surface area (Å²) in [6.07, 6.45) is 6.07. The van der Waals surface area contributed by atoms with Crippen molar-refractivity contribution in [2.75, 3.05) is 18.2 Å². The minimum Gasteiger partial charge on any atom is -0.465 e. The highest BCUT2D eigenvalue weighted by Crippen LogP contribution is 2.37. The molecule has 1 aromatic carbocycles. The van der Waals surface area contributed by atoms with Gasteiger partial charge in [0.15, 0.2) is 5.16 Å². The smallest absolute Gasteiger partial charge is 0.341 e. The van der Waals surface area contributed by atoms with E-state index in [9.17, 15) is 9.59 Å². The van der Waals surface area contributed by atoms with Crippen LogP contribution in [0.2, 0.25) is 0 Å². The van der Waals surface area contributed by atoms with Gasteiger partial charge in [0, 0.05) is 23.4 Å². The van der Waals surface area contributed by atoms with E-state index in [-0.39, 0.29) is 11.7 Å². The van der Waals surface area contributed by atoms with Crippen molar-refractivity contribution < 1.29 is 14.3 Å². The van der Waals surface area contributed by atoms with Crippen LogP contribution >= 0.6 is 23.1 Å². The first kappa shape index (κ1) is 24.5. The third kappa shape index (κ3) is 5.36. The highest BCUT2D eigenvalue weighted by Gasteiger charge is 2.25. The van der Waals surface area contributed by atoms with Gasteiger partial charge in [-0.25, -0.2) is 4.79 Å². The molecular formula is C25H30N4O3S2. The van der Waals surface area contributed by atoms with Crippen molar-refractivity contribution in [3.63, 3.8) is 0 Å². The van der Waals surface area contributed by atoms with Gasteiger partial charge in [-0.1, -0.05) is 60.9 Å². The Morgan fingerprint density at radius 1 is 1.18 bits per heavy atom. The molecule has 1 aliphatic carbocycles. The number of thiophene rings is 1. The Balaban J connectivity index is 1.47. The minimum absolute atomic E-state index is 0.182. The maximum atomic E-state index is 12.8. The van der Waals surface area contributed by atoms with Gasteiger partial charge in [0.05, 0.1) is 12.9 Å². The molecule has 0 saturated heterocycles. The van der Waals surface area contributed by atoms with Gasteiger partial charge < -0.3 is 14.6 Å². The summed E-state index contributed by atoms with van der Waals surface area (Å²) >= 11 is 2.70. The lowest BCUT2D eigenvalue weighted by Crippen LogP contribution is -2.17. The van der Waals surface area contributed by atoms with Crippen LogP contribution in [0.15, 0.2) is 34.8 Å². The number of aromatic nitrogens is 3. The molecule has 1 amide bonds. The molecule has 1 saturated carbocycles. The largest absolute Gasteiger partial charge is 0.465 e. The zero-order valence-electron chi connectivity index (χ0n) is 19.8. The van der Waals surface area contributed by atoms with Crippen molar-refractivity contribution >= 4 is 40.0 Å². The maximum absolute atomic E-state index is 12.8. The quantitative estimate of drug-likeness (QED) is 0.307. The highest BCUT2D eigenvalue weighted by molar-refractivity contribution is 7.99. The van der Waals surface area contributed by atoms with Gasteiger partial charge in [0.1, 0.15) is 16.4 Å². The standard InChI is InChI=1S/C25H30N4O3S2/c1-4-29-22(18-8-6-5-7-9-18)27-28-25(29)34-15-20(30)26-23-21(24(31)32-3)19(14-33-23)17-12-10-16(2)11-13-17/h10-14,18H,4-9,15H2,1-3H3,(H,26,30). The SMILES string of the molecule is CCn1c(SCC(=O)Nc2scc(-c3ccc(C)cc3)c2C(=O)OC)nnc1C1CCCCC1. The molecule has 0 bridgehead atoms. The van der Waals surface area contributed by atoms with E-state index in [4.69, 9.17) is 4.74 Å². The minimum atomic E-state index is -0.470. The Kier molecular flexibility index (Phi) is 8.05. The fourth-order valence-electron chi connectivity index (χ4n) is 4.36. The second kappa shape index (κ2) is 11.2. The number of carbonyl (C=O) groups is 2. The van der Waals surface area contributed by atoms with E-state index in [0.29, 0.717) is 16.5 Å². The van der Waals surface area contributed by atoms with E-state index in [2.05, 4.69) is 27.0 Å². The van der Waals surface area contributed by atoms with Crippen LogP contribution in [0.5, 0.6) is 0 Å². The normalized spacial score (nSPS) is 14.2. The molecular weight excluding hydrogens is 468 g/mol. The lowest BCUT2D eigenvalue weighted by Gasteiger charge is -2.21. The Morgan fingerprint density at radius 2 is 1.91 bits per heavy atom. The molecule has 4 rings (SSSR count). The first-order valence-corrected chi connectivity index (χ1v) is 13.5. The number of amides is 1. The van der Waals surface area contributed by atoms with Crippen LogP contribution in [0.3, 0.4) is 0 Å². The summed E-state index contributed by atoms with van der Waals surface area (Å²) in [6, 6.07) is 7.92. The van der Waals surface area contributed by atoms with E-state index in [1.54, 1.807) is 0 Å². The predicted octanol–water partition coefficient (Wildman–Crippen LogP) is 5.90. The van der Waals surface area contributed by atoms with Crippen LogP contribution in [-0.4, -0.2) is 39.5 Å². The van der Waals surface area contributed by atoms with Crippen molar-refractivity contribution in [3.8, 4) is 11.1 Å². The highest BCUT2D eigenvalue weighted by atomic mass is 32.2. The van der Waals surface area contributed by atoms with Gasteiger partial charge in [-0.3, -0.25) is 4.79 Å².